The third-order valence-corrected chi connectivity index (χ3v) is 3.01. The van der Waals surface area contributed by atoms with Crippen molar-refractivity contribution in [3.63, 3.8) is 0 Å². The fourth-order valence-corrected chi connectivity index (χ4v) is 1.97. The van der Waals surface area contributed by atoms with E-state index in [0.29, 0.717) is 0 Å². The molecule has 0 radical (unpaired) electrons. The number of anilines is 1. The normalized spacial score (nSPS) is 15.2. The molecular formula is C13H15N3. The lowest BCUT2D eigenvalue weighted by Gasteiger charge is -2.07. The Balaban J connectivity index is 1.95. The molecule has 0 aliphatic heterocycles. The second kappa shape index (κ2) is 3.67. The van der Waals surface area contributed by atoms with E-state index in [4.69, 9.17) is 5.73 Å². The molecule has 1 aliphatic rings. The van der Waals surface area contributed by atoms with Gasteiger partial charge in [-0.1, -0.05) is 12.1 Å². The SMILES string of the molecule is Nc1cccc(-c2nccn2CC2CC2)c1. The summed E-state index contributed by atoms with van der Waals surface area (Å²) >= 11 is 0. The van der Waals surface area contributed by atoms with Crippen LogP contribution in [-0.4, -0.2) is 9.55 Å². The van der Waals surface area contributed by atoms with E-state index in [1.54, 1.807) is 0 Å². The van der Waals surface area contributed by atoms with E-state index >= 15 is 0 Å². The summed E-state index contributed by atoms with van der Waals surface area (Å²) in [6, 6.07) is 7.91. The lowest BCUT2D eigenvalue weighted by atomic mass is 10.2. The van der Waals surface area contributed by atoms with Gasteiger partial charge in [-0.05, 0) is 30.9 Å². The van der Waals surface area contributed by atoms with Gasteiger partial charge in [-0.2, -0.15) is 0 Å². The van der Waals surface area contributed by atoms with Crippen molar-refractivity contribution in [1.82, 2.24) is 9.55 Å². The minimum Gasteiger partial charge on any atom is -0.399 e. The number of benzene rings is 1. The molecular weight excluding hydrogens is 198 g/mol. The maximum absolute atomic E-state index is 5.79. The molecule has 1 aliphatic carbocycles. The Labute approximate surface area is 94.9 Å². The van der Waals surface area contributed by atoms with Crippen molar-refractivity contribution in [3.05, 3.63) is 36.7 Å². The van der Waals surface area contributed by atoms with Crippen LogP contribution in [0.15, 0.2) is 36.7 Å². The number of rotatable bonds is 3. The molecule has 82 valence electrons. The van der Waals surface area contributed by atoms with Crippen molar-refractivity contribution in [3.8, 4) is 11.4 Å². The van der Waals surface area contributed by atoms with E-state index in [1.165, 1.54) is 12.8 Å². The van der Waals surface area contributed by atoms with Gasteiger partial charge in [0.25, 0.3) is 0 Å². The minimum absolute atomic E-state index is 0.790. The molecule has 0 saturated heterocycles. The van der Waals surface area contributed by atoms with Crippen molar-refractivity contribution in [1.29, 1.82) is 0 Å². The molecule has 3 nitrogen and oxygen atoms in total. The second-order valence-electron chi connectivity index (χ2n) is 4.47. The average molecular weight is 213 g/mol. The Bertz CT molecular complexity index is 497. The zero-order chi connectivity index (χ0) is 11.0. The van der Waals surface area contributed by atoms with Gasteiger partial charge in [0.05, 0.1) is 0 Å². The molecule has 0 spiro atoms. The first-order valence-corrected chi connectivity index (χ1v) is 5.70. The molecule has 1 heterocycles. The number of nitrogen functional groups attached to an aromatic ring is 1. The second-order valence-corrected chi connectivity index (χ2v) is 4.47. The van der Waals surface area contributed by atoms with Gasteiger partial charge in [0, 0.05) is 30.2 Å². The Kier molecular flexibility index (Phi) is 2.17. The Hall–Kier alpha value is -1.77. The van der Waals surface area contributed by atoms with E-state index in [2.05, 4.69) is 21.8 Å². The van der Waals surface area contributed by atoms with Crippen LogP contribution in [0.3, 0.4) is 0 Å². The average Bonchev–Trinajstić information content (AvgIpc) is 2.95. The fraction of sp³-hybridized carbons (Fsp3) is 0.308. The van der Waals surface area contributed by atoms with Gasteiger partial charge in [-0.15, -0.1) is 0 Å². The number of hydrogen-bond acceptors (Lipinski definition) is 2. The van der Waals surface area contributed by atoms with Gasteiger partial charge in [-0.25, -0.2) is 4.98 Å². The maximum atomic E-state index is 5.79. The van der Waals surface area contributed by atoms with Crippen LogP contribution in [0.4, 0.5) is 5.69 Å². The summed E-state index contributed by atoms with van der Waals surface area (Å²) in [6.07, 6.45) is 6.63. The number of imidazole rings is 1. The standard InChI is InChI=1S/C13H15N3/c14-12-3-1-2-11(8-12)13-15-6-7-16(13)9-10-4-5-10/h1-3,6-8,10H,4-5,9,14H2. The molecule has 2 N–H and O–H groups in total. The van der Waals surface area contributed by atoms with Crippen molar-refractivity contribution in [2.24, 2.45) is 5.92 Å². The molecule has 0 amide bonds. The topological polar surface area (TPSA) is 43.8 Å². The summed E-state index contributed by atoms with van der Waals surface area (Å²) in [7, 11) is 0. The lowest BCUT2D eigenvalue weighted by molar-refractivity contribution is 0.632. The molecule has 2 aromatic rings. The third kappa shape index (κ3) is 1.81. The molecule has 1 fully saturated rings. The molecule has 0 atom stereocenters. The van der Waals surface area contributed by atoms with Crippen LogP contribution in [0.25, 0.3) is 11.4 Å². The van der Waals surface area contributed by atoms with Crippen LogP contribution in [0.2, 0.25) is 0 Å². The number of nitrogens with zero attached hydrogens (tertiary/aromatic N) is 2. The summed E-state index contributed by atoms with van der Waals surface area (Å²) in [4.78, 5) is 4.42. The molecule has 0 unspecified atom stereocenters. The number of aromatic nitrogens is 2. The quantitative estimate of drug-likeness (QED) is 0.796. The van der Waals surface area contributed by atoms with Gasteiger partial charge in [-0.3, -0.25) is 0 Å². The molecule has 3 rings (SSSR count). The smallest absolute Gasteiger partial charge is 0.139 e. The van der Waals surface area contributed by atoms with E-state index in [1.807, 2.05) is 24.4 Å². The van der Waals surface area contributed by atoms with Crippen LogP contribution < -0.4 is 5.73 Å². The predicted octanol–water partition coefficient (Wildman–Crippen LogP) is 2.54. The Morgan fingerprint density at radius 3 is 3.00 bits per heavy atom. The third-order valence-electron chi connectivity index (χ3n) is 3.01. The van der Waals surface area contributed by atoms with Gasteiger partial charge < -0.3 is 10.3 Å². The molecule has 16 heavy (non-hydrogen) atoms. The first-order chi connectivity index (χ1) is 7.83. The van der Waals surface area contributed by atoms with Crippen molar-refractivity contribution >= 4 is 5.69 Å². The lowest BCUT2D eigenvalue weighted by Crippen LogP contribution is -2.01. The molecule has 1 aromatic carbocycles. The van der Waals surface area contributed by atoms with Gasteiger partial charge in [0.1, 0.15) is 5.82 Å². The van der Waals surface area contributed by atoms with Crippen LogP contribution in [-0.2, 0) is 6.54 Å². The highest BCUT2D eigenvalue weighted by Gasteiger charge is 2.22. The largest absolute Gasteiger partial charge is 0.399 e. The van der Waals surface area contributed by atoms with E-state index < -0.39 is 0 Å². The molecule has 1 saturated carbocycles. The summed E-state index contributed by atoms with van der Waals surface area (Å²) in [5.74, 6) is 1.88. The van der Waals surface area contributed by atoms with Crippen LogP contribution in [0.5, 0.6) is 0 Å². The van der Waals surface area contributed by atoms with Gasteiger partial charge in [0.2, 0.25) is 0 Å². The van der Waals surface area contributed by atoms with Crippen molar-refractivity contribution in [2.45, 2.75) is 19.4 Å². The van der Waals surface area contributed by atoms with Crippen LogP contribution in [0, 0.1) is 5.92 Å². The predicted molar refractivity (Wildman–Crippen MR) is 64.8 cm³/mol. The number of hydrogen-bond donors (Lipinski definition) is 1. The fourth-order valence-electron chi connectivity index (χ4n) is 1.97. The Morgan fingerprint density at radius 2 is 2.25 bits per heavy atom. The summed E-state index contributed by atoms with van der Waals surface area (Å²) in [6.45, 7) is 1.09. The zero-order valence-electron chi connectivity index (χ0n) is 9.13. The summed E-state index contributed by atoms with van der Waals surface area (Å²) < 4.78 is 2.23. The van der Waals surface area contributed by atoms with Gasteiger partial charge >= 0.3 is 0 Å². The maximum Gasteiger partial charge on any atom is 0.139 e. The van der Waals surface area contributed by atoms with E-state index in [-0.39, 0.29) is 0 Å². The highest BCUT2D eigenvalue weighted by molar-refractivity contribution is 5.61. The minimum atomic E-state index is 0.790. The molecule has 3 heteroatoms. The highest BCUT2D eigenvalue weighted by Crippen LogP contribution is 2.32. The first kappa shape index (κ1) is 9.46. The summed E-state index contributed by atoms with van der Waals surface area (Å²) in [5.41, 5.74) is 7.68. The zero-order valence-corrected chi connectivity index (χ0v) is 9.13. The first-order valence-electron chi connectivity index (χ1n) is 5.70. The highest BCUT2D eigenvalue weighted by atomic mass is 15.1. The van der Waals surface area contributed by atoms with E-state index in [9.17, 15) is 0 Å². The molecule has 1 aromatic heterocycles. The van der Waals surface area contributed by atoms with Crippen molar-refractivity contribution < 1.29 is 0 Å². The van der Waals surface area contributed by atoms with Gasteiger partial charge in [0.15, 0.2) is 0 Å². The molecule has 0 bridgehead atoms. The van der Waals surface area contributed by atoms with Crippen LogP contribution in [0.1, 0.15) is 12.8 Å². The van der Waals surface area contributed by atoms with E-state index in [0.717, 1.165) is 29.5 Å². The van der Waals surface area contributed by atoms with Crippen molar-refractivity contribution in [2.75, 3.05) is 5.73 Å². The number of nitrogens with two attached hydrogens (primary N) is 1. The summed E-state index contributed by atoms with van der Waals surface area (Å²) in [5, 5.41) is 0. The Morgan fingerprint density at radius 1 is 1.38 bits per heavy atom. The monoisotopic (exact) mass is 213 g/mol. The van der Waals surface area contributed by atoms with Crippen LogP contribution >= 0.6 is 0 Å².